The van der Waals surface area contributed by atoms with Gasteiger partial charge in [0.2, 0.25) is 0 Å². The molecule has 5 heteroatoms. The van der Waals surface area contributed by atoms with Crippen LogP contribution in [0.25, 0.3) is 10.9 Å². The van der Waals surface area contributed by atoms with Crippen molar-refractivity contribution in [2.75, 3.05) is 0 Å². The van der Waals surface area contributed by atoms with Crippen LogP contribution in [-0.2, 0) is 13.2 Å². The van der Waals surface area contributed by atoms with Crippen molar-refractivity contribution in [1.29, 1.82) is 0 Å². The van der Waals surface area contributed by atoms with E-state index in [0.717, 1.165) is 16.5 Å². The smallest absolute Gasteiger partial charge is 0.108 e. The fourth-order valence-electron chi connectivity index (χ4n) is 1.96. The summed E-state index contributed by atoms with van der Waals surface area (Å²) in [5, 5.41) is 17.9. The molecule has 18 heavy (non-hydrogen) atoms. The molecule has 0 aliphatic carbocycles. The van der Waals surface area contributed by atoms with Gasteiger partial charge in [-0.25, -0.2) is 4.68 Å². The third kappa shape index (κ3) is 1.96. The van der Waals surface area contributed by atoms with Crippen molar-refractivity contribution >= 4 is 10.9 Å². The zero-order valence-electron chi connectivity index (χ0n) is 9.69. The highest BCUT2D eigenvalue weighted by Crippen LogP contribution is 2.16. The maximum atomic E-state index is 8.96. The van der Waals surface area contributed by atoms with E-state index in [-0.39, 0.29) is 6.61 Å². The summed E-state index contributed by atoms with van der Waals surface area (Å²) in [6.45, 7) is 0.535. The van der Waals surface area contributed by atoms with E-state index in [1.807, 2.05) is 30.3 Å². The Hall–Kier alpha value is -2.27. The van der Waals surface area contributed by atoms with Crippen LogP contribution in [0.5, 0.6) is 0 Å². The van der Waals surface area contributed by atoms with Gasteiger partial charge >= 0.3 is 0 Å². The summed E-state index contributed by atoms with van der Waals surface area (Å²) in [7, 11) is 0. The minimum Gasteiger partial charge on any atom is -0.390 e. The van der Waals surface area contributed by atoms with Crippen LogP contribution in [0.15, 0.2) is 42.7 Å². The lowest BCUT2D eigenvalue weighted by atomic mass is 10.1. The van der Waals surface area contributed by atoms with E-state index < -0.39 is 0 Å². The van der Waals surface area contributed by atoms with Gasteiger partial charge in [-0.2, -0.15) is 0 Å². The molecular weight excluding hydrogens is 228 g/mol. The monoisotopic (exact) mass is 240 g/mol. The number of rotatable bonds is 3. The largest absolute Gasteiger partial charge is 0.390 e. The molecule has 2 aromatic heterocycles. The molecule has 0 aliphatic heterocycles. The van der Waals surface area contributed by atoms with E-state index in [1.165, 1.54) is 0 Å². The predicted octanol–water partition coefficient (Wildman–Crippen LogP) is 1.37. The molecule has 3 rings (SSSR count). The van der Waals surface area contributed by atoms with E-state index in [0.29, 0.717) is 12.2 Å². The molecule has 0 fully saturated rings. The van der Waals surface area contributed by atoms with Crippen molar-refractivity contribution in [3.05, 3.63) is 54.0 Å². The van der Waals surface area contributed by atoms with Crippen LogP contribution in [0.3, 0.4) is 0 Å². The molecule has 1 N–H and O–H groups in total. The number of aliphatic hydroxyl groups is 1. The van der Waals surface area contributed by atoms with Gasteiger partial charge < -0.3 is 5.11 Å². The summed E-state index contributed by atoms with van der Waals surface area (Å²) < 4.78 is 1.72. The van der Waals surface area contributed by atoms with Crippen LogP contribution in [-0.4, -0.2) is 25.1 Å². The van der Waals surface area contributed by atoms with Crippen LogP contribution in [0, 0.1) is 0 Å². The number of hydrogen-bond acceptors (Lipinski definition) is 4. The quantitative estimate of drug-likeness (QED) is 0.751. The van der Waals surface area contributed by atoms with E-state index >= 15 is 0 Å². The molecule has 0 saturated carbocycles. The second-order valence-corrected chi connectivity index (χ2v) is 4.05. The minimum absolute atomic E-state index is 0.0862. The van der Waals surface area contributed by atoms with E-state index in [9.17, 15) is 0 Å². The third-order valence-corrected chi connectivity index (χ3v) is 2.82. The number of pyridine rings is 1. The molecule has 90 valence electrons. The third-order valence-electron chi connectivity index (χ3n) is 2.82. The van der Waals surface area contributed by atoms with E-state index in [4.69, 9.17) is 5.11 Å². The molecule has 3 aromatic rings. The maximum Gasteiger partial charge on any atom is 0.108 e. The van der Waals surface area contributed by atoms with Gasteiger partial charge in [0, 0.05) is 11.6 Å². The number of hydrogen-bond donors (Lipinski definition) is 1. The van der Waals surface area contributed by atoms with Crippen LogP contribution in [0.2, 0.25) is 0 Å². The number of benzene rings is 1. The fraction of sp³-hybridized carbons (Fsp3) is 0.154. The predicted molar refractivity (Wildman–Crippen MR) is 66.8 cm³/mol. The first kappa shape index (κ1) is 10.9. The maximum absolute atomic E-state index is 8.96. The summed E-state index contributed by atoms with van der Waals surface area (Å²) in [5.74, 6) is 0. The molecule has 0 bridgehead atoms. The number of aromatic nitrogens is 4. The summed E-state index contributed by atoms with van der Waals surface area (Å²) in [5.41, 5.74) is 2.68. The average molecular weight is 240 g/mol. The Balaban J connectivity index is 1.99. The Labute approximate surface area is 104 Å². The van der Waals surface area contributed by atoms with E-state index in [1.54, 1.807) is 17.1 Å². The molecule has 0 atom stereocenters. The first-order valence-corrected chi connectivity index (χ1v) is 5.69. The van der Waals surface area contributed by atoms with Crippen molar-refractivity contribution in [3.63, 3.8) is 0 Å². The Morgan fingerprint density at radius 3 is 2.89 bits per heavy atom. The van der Waals surface area contributed by atoms with Crippen molar-refractivity contribution in [1.82, 2.24) is 20.0 Å². The highest BCUT2D eigenvalue weighted by atomic mass is 16.3. The van der Waals surface area contributed by atoms with Crippen LogP contribution in [0.1, 0.15) is 11.3 Å². The topological polar surface area (TPSA) is 63.8 Å². The number of nitrogens with zero attached hydrogens (tertiary/aromatic N) is 4. The molecule has 1 aromatic carbocycles. The molecule has 0 spiro atoms. The molecule has 5 nitrogen and oxygen atoms in total. The van der Waals surface area contributed by atoms with Crippen molar-refractivity contribution < 1.29 is 5.11 Å². The van der Waals surface area contributed by atoms with E-state index in [2.05, 4.69) is 15.3 Å². The zero-order valence-corrected chi connectivity index (χ0v) is 9.69. The highest BCUT2D eigenvalue weighted by Gasteiger charge is 2.04. The second-order valence-electron chi connectivity index (χ2n) is 4.05. The first-order chi connectivity index (χ1) is 8.86. The SMILES string of the molecule is OCc1cn(Cc2ccnc3ccccc23)nn1. The Morgan fingerprint density at radius 2 is 2.06 bits per heavy atom. The fourth-order valence-corrected chi connectivity index (χ4v) is 1.96. The summed E-state index contributed by atoms with van der Waals surface area (Å²) in [6.07, 6.45) is 3.54. The standard InChI is InChI=1S/C13H12N4O/c18-9-11-8-17(16-15-11)7-10-5-6-14-13-4-2-1-3-12(10)13/h1-6,8,18H,7,9H2. The Kier molecular flexibility index (Phi) is 2.74. The molecule has 0 saturated heterocycles. The van der Waals surface area contributed by atoms with Gasteiger partial charge in [0.25, 0.3) is 0 Å². The Morgan fingerprint density at radius 1 is 1.17 bits per heavy atom. The molecule has 0 unspecified atom stereocenters. The van der Waals surface area contributed by atoms with Gasteiger partial charge in [-0.1, -0.05) is 23.4 Å². The van der Waals surface area contributed by atoms with Crippen molar-refractivity contribution in [2.24, 2.45) is 0 Å². The lowest BCUT2D eigenvalue weighted by Crippen LogP contribution is -2.01. The first-order valence-electron chi connectivity index (χ1n) is 5.69. The normalized spacial score (nSPS) is 10.9. The zero-order chi connectivity index (χ0) is 12.4. The summed E-state index contributed by atoms with van der Waals surface area (Å²) >= 11 is 0. The Bertz CT molecular complexity index is 672. The average Bonchev–Trinajstić information content (AvgIpc) is 2.87. The van der Waals surface area contributed by atoms with Crippen LogP contribution < -0.4 is 0 Å². The van der Waals surface area contributed by atoms with Gasteiger partial charge in [0.15, 0.2) is 0 Å². The molecule has 0 aliphatic rings. The summed E-state index contributed by atoms with van der Waals surface area (Å²) in [6, 6.07) is 9.97. The van der Waals surface area contributed by atoms with Gasteiger partial charge in [-0.3, -0.25) is 4.98 Å². The molecule has 0 amide bonds. The minimum atomic E-state index is -0.0862. The lowest BCUT2D eigenvalue weighted by molar-refractivity contribution is 0.276. The van der Waals surface area contributed by atoms with Crippen LogP contribution in [0.4, 0.5) is 0 Å². The van der Waals surface area contributed by atoms with Gasteiger partial charge in [0.1, 0.15) is 5.69 Å². The van der Waals surface area contributed by atoms with Crippen molar-refractivity contribution in [3.8, 4) is 0 Å². The van der Waals surface area contributed by atoms with Crippen molar-refractivity contribution in [2.45, 2.75) is 13.2 Å². The number of fused-ring (bicyclic) bond motifs is 1. The molecule has 0 radical (unpaired) electrons. The summed E-state index contributed by atoms with van der Waals surface area (Å²) in [4.78, 5) is 4.32. The van der Waals surface area contributed by atoms with Gasteiger partial charge in [-0.15, -0.1) is 5.10 Å². The van der Waals surface area contributed by atoms with Gasteiger partial charge in [0.05, 0.1) is 24.9 Å². The van der Waals surface area contributed by atoms with Gasteiger partial charge in [-0.05, 0) is 17.7 Å². The highest BCUT2D eigenvalue weighted by molar-refractivity contribution is 5.81. The number of para-hydroxylation sites is 1. The molecule has 2 heterocycles. The second kappa shape index (κ2) is 4.54. The lowest BCUT2D eigenvalue weighted by Gasteiger charge is -2.05. The molecular formula is C13H12N4O. The van der Waals surface area contributed by atoms with Crippen LogP contribution >= 0.6 is 0 Å². The number of aliphatic hydroxyl groups excluding tert-OH is 1.